The Labute approximate surface area is 391 Å². The number of amides is 2. The Bertz CT molecular complexity index is 2760. The Balaban J connectivity index is 0.000000157. The van der Waals surface area contributed by atoms with Crippen molar-refractivity contribution in [2.75, 3.05) is 58.4 Å². The van der Waals surface area contributed by atoms with Crippen LogP contribution < -0.4 is 34.5 Å². The van der Waals surface area contributed by atoms with Crippen LogP contribution in [0.4, 0.5) is 5.69 Å². The van der Waals surface area contributed by atoms with Crippen LogP contribution in [0.2, 0.25) is 0 Å². The van der Waals surface area contributed by atoms with Crippen molar-refractivity contribution < 1.29 is 28.5 Å². The Morgan fingerprint density at radius 1 is 0.731 bits per heavy atom. The van der Waals surface area contributed by atoms with Gasteiger partial charge in [0.15, 0.2) is 0 Å². The molecule has 2 saturated carbocycles. The minimum Gasteiger partial charge on any atom is -0.497 e. The normalized spacial score (nSPS) is 20.9. The van der Waals surface area contributed by atoms with E-state index in [1.165, 1.54) is 12.8 Å². The highest BCUT2D eigenvalue weighted by Crippen LogP contribution is 2.43. The maximum absolute atomic E-state index is 12.9. The number of hydrogen-bond acceptors (Lipinski definition) is 12. The number of anilines is 1. The molecule has 3 aliphatic heterocycles. The maximum atomic E-state index is 12.9. The lowest BCUT2D eigenvalue weighted by atomic mass is 10.0. The number of pyridine rings is 2. The third-order valence-corrected chi connectivity index (χ3v) is 14.2. The summed E-state index contributed by atoms with van der Waals surface area (Å²) in [6.07, 6.45) is 9.13. The lowest BCUT2D eigenvalue weighted by Gasteiger charge is -2.30. The molecule has 16 heteroatoms. The van der Waals surface area contributed by atoms with Crippen LogP contribution in [0.25, 0.3) is 33.3 Å². The molecule has 11 rings (SSSR count). The molecule has 0 bridgehead atoms. The summed E-state index contributed by atoms with van der Waals surface area (Å²) in [4.78, 5) is 47.9. The fourth-order valence-electron chi connectivity index (χ4n) is 9.76. The molecule has 4 aromatic heterocycles. The molecule has 0 unspecified atom stereocenters. The summed E-state index contributed by atoms with van der Waals surface area (Å²) in [7, 11) is 3.37. The molecule has 0 radical (unpaired) electrons. The molecule has 2 aromatic carbocycles. The minimum absolute atomic E-state index is 0.00528. The molecule has 6 aromatic rings. The molecule has 0 spiro atoms. The number of carbonyl (C=O) groups is 2. The van der Waals surface area contributed by atoms with Crippen molar-refractivity contribution in [1.82, 2.24) is 44.6 Å². The summed E-state index contributed by atoms with van der Waals surface area (Å²) in [5.74, 6) is 3.34. The number of rotatable bonds is 14. The maximum Gasteiger partial charge on any atom is 0.241 e. The van der Waals surface area contributed by atoms with Gasteiger partial charge in [0.2, 0.25) is 23.6 Å². The summed E-state index contributed by atoms with van der Waals surface area (Å²) >= 11 is 0. The van der Waals surface area contributed by atoms with Gasteiger partial charge in [-0.15, -0.1) is 0 Å². The van der Waals surface area contributed by atoms with Crippen molar-refractivity contribution in [1.29, 1.82) is 0 Å². The standard InChI is InChI=1S/C26H32N6O3.C25H30N4O3/c1-16(18-12-24(33)28-14-18)35-26-25-21(29-15-32(25)19-4-5-19)13-20(30-26)17-3-6-22(23(11-17)34-2)31-9-7-27-8-10-31;1-15-11-22-24(29(14-26-22)20-7-8-20)25(27-15)32-17(3)19-12-23(30)28(13-19)16(2)18-5-9-21(31-4)10-6-18/h3,6,11,13,15-16,18-19,27H,4-5,7-10,12,14H2,1-2H3,(H,28,33);5-6,9-11,14,16-17,19-20H,7-8,12-13H2,1-4H3/t16-,18-;16-,17-,19-/m11/s1. The summed E-state index contributed by atoms with van der Waals surface area (Å²) < 4.78 is 28.3. The van der Waals surface area contributed by atoms with Crippen molar-refractivity contribution in [3.8, 4) is 34.5 Å². The number of imidazole rings is 2. The van der Waals surface area contributed by atoms with E-state index in [-0.39, 0.29) is 41.9 Å². The lowest BCUT2D eigenvalue weighted by Crippen LogP contribution is -2.43. The molecule has 7 heterocycles. The first kappa shape index (κ1) is 44.4. The smallest absolute Gasteiger partial charge is 0.241 e. The largest absolute Gasteiger partial charge is 0.497 e. The SMILES string of the molecule is COc1cc(-c2cc3ncn(C4CC4)c3c(O[C@H](C)[C@H]3CNC(=O)C3)n2)ccc1N1CCNCC1.COc1ccc([C@@H](C)N2C[C@H]([C@@H](C)Oc3nc(C)cc4ncn(C5CC5)c34)CC2=O)cc1. The second-order valence-corrected chi connectivity index (χ2v) is 18.9. The predicted molar refractivity (Wildman–Crippen MR) is 256 cm³/mol. The van der Waals surface area contributed by atoms with Gasteiger partial charge >= 0.3 is 0 Å². The molecule has 2 N–H and O–H groups in total. The number of carbonyl (C=O) groups excluding carboxylic acids is 2. The van der Waals surface area contributed by atoms with E-state index in [1.807, 2.05) is 74.7 Å². The predicted octanol–water partition coefficient (Wildman–Crippen LogP) is 7.22. The Kier molecular flexibility index (Phi) is 12.4. The fourth-order valence-corrected chi connectivity index (χ4v) is 9.76. The van der Waals surface area contributed by atoms with E-state index in [0.717, 1.165) is 101 Å². The number of piperazine rings is 1. The average Bonchev–Trinajstić information content (AvgIpc) is 4.19. The highest BCUT2D eigenvalue weighted by Gasteiger charge is 2.38. The molecule has 16 nitrogen and oxygen atoms in total. The van der Waals surface area contributed by atoms with Crippen LogP contribution in [0, 0.1) is 18.8 Å². The van der Waals surface area contributed by atoms with Crippen LogP contribution in [-0.4, -0.2) is 111 Å². The van der Waals surface area contributed by atoms with Gasteiger partial charge in [0.05, 0.1) is 55.3 Å². The number of aromatic nitrogens is 6. The van der Waals surface area contributed by atoms with E-state index < -0.39 is 0 Å². The van der Waals surface area contributed by atoms with Crippen LogP contribution >= 0.6 is 0 Å². The second kappa shape index (κ2) is 18.7. The summed E-state index contributed by atoms with van der Waals surface area (Å²) in [5, 5.41) is 6.31. The second-order valence-electron chi connectivity index (χ2n) is 18.9. The van der Waals surface area contributed by atoms with Crippen LogP contribution in [0.5, 0.6) is 23.3 Å². The van der Waals surface area contributed by atoms with Crippen molar-refractivity contribution in [3.05, 3.63) is 78.5 Å². The van der Waals surface area contributed by atoms with Gasteiger partial charge in [0.25, 0.3) is 0 Å². The topological polar surface area (TPSA) is 163 Å². The van der Waals surface area contributed by atoms with E-state index in [4.69, 9.17) is 33.9 Å². The highest BCUT2D eigenvalue weighted by molar-refractivity contribution is 5.86. The zero-order valence-corrected chi connectivity index (χ0v) is 39.4. The first-order valence-corrected chi connectivity index (χ1v) is 23.9. The molecule has 2 aliphatic carbocycles. The van der Waals surface area contributed by atoms with Crippen LogP contribution in [0.3, 0.4) is 0 Å². The summed E-state index contributed by atoms with van der Waals surface area (Å²) in [6.45, 7) is 13.3. The molecule has 5 atom stereocenters. The first-order valence-electron chi connectivity index (χ1n) is 23.9. The van der Waals surface area contributed by atoms with E-state index in [1.54, 1.807) is 14.2 Å². The van der Waals surface area contributed by atoms with Crippen molar-refractivity contribution in [2.24, 2.45) is 11.8 Å². The van der Waals surface area contributed by atoms with Gasteiger partial charge in [-0.1, -0.05) is 18.2 Å². The third kappa shape index (κ3) is 9.32. The molecule has 67 heavy (non-hydrogen) atoms. The van der Waals surface area contributed by atoms with E-state index >= 15 is 0 Å². The molecular formula is C51H62N10O6. The number of nitrogens with one attached hydrogen (secondary N) is 2. The Morgan fingerprint density at radius 3 is 1.99 bits per heavy atom. The number of fused-ring (bicyclic) bond motifs is 2. The number of hydrogen-bond donors (Lipinski definition) is 2. The number of ether oxygens (including phenoxy) is 4. The van der Waals surface area contributed by atoms with Gasteiger partial charge in [-0.05, 0) is 95.3 Å². The zero-order valence-electron chi connectivity index (χ0n) is 39.4. The average molecular weight is 911 g/mol. The molecule has 5 aliphatic rings. The molecule has 2 amide bonds. The van der Waals surface area contributed by atoms with E-state index in [0.29, 0.717) is 49.8 Å². The van der Waals surface area contributed by atoms with Crippen LogP contribution in [-0.2, 0) is 9.59 Å². The van der Waals surface area contributed by atoms with E-state index in [9.17, 15) is 9.59 Å². The summed E-state index contributed by atoms with van der Waals surface area (Å²) in [5.41, 5.74) is 8.54. The van der Waals surface area contributed by atoms with Gasteiger partial charge in [0, 0.05) is 87.3 Å². The molecular weight excluding hydrogens is 849 g/mol. The number of benzene rings is 2. The summed E-state index contributed by atoms with van der Waals surface area (Å²) in [6, 6.07) is 19.2. The molecule has 3 saturated heterocycles. The van der Waals surface area contributed by atoms with Crippen LogP contribution in [0.1, 0.15) is 88.7 Å². The van der Waals surface area contributed by atoms with Crippen LogP contribution in [0.15, 0.2) is 67.3 Å². The fraction of sp³-hybridized carbons (Fsp3) is 0.490. The minimum atomic E-state index is -0.146. The third-order valence-electron chi connectivity index (χ3n) is 14.2. The van der Waals surface area contributed by atoms with Gasteiger partial charge in [-0.2, -0.15) is 0 Å². The van der Waals surface area contributed by atoms with Gasteiger partial charge in [0.1, 0.15) is 34.7 Å². The zero-order chi connectivity index (χ0) is 46.3. The Morgan fingerprint density at radius 2 is 1.37 bits per heavy atom. The number of nitrogens with zero attached hydrogens (tertiary/aromatic N) is 8. The van der Waals surface area contributed by atoms with E-state index in [2.05, 4.69) is 54.8 Å². The van der Waals surface area contributed by atoms with Gasteiger partial charge in [-0.3, -0.25) is 9.59 Å². The van der Waals surface area contributed by atoms with Crippen molar-refractivity contribution in [3.63, 3.8) is 0 Å². The lowest BCUT2D eigenvalue weighted by molar-refractivity contribution is -0.129. The Hall–Kier alpha value is -6.42. The highest BCUT2D eigenvalue weighted by atomic mass is 16.5. The van der Waals surface area contributed by atoms with Gasteiger partial charge in [-0.25, -0.2) is 19.9 Å². The quantitative estimate of drug-likeness (QED) is 0.113. The van der Waals surface area contributed by atoms with Gasteiger partial charge < -0.3 is 48.5 Å². The monoisotopic (exact) mass is 910 g/mol. The molecule has 5 fully saturated rings. The van der Waals surface area contributed by atoms with Crippen molar-refractivity contribution >= 4 is 39.6 Å². The number of methoxy groups -OCH3 is 2. The first-order chi connectivity index (χ1) is 32.5. The number of aryl methyl sites for hydroxylation is 1. The number of likely N-dealkylation sites (tertiary alicyclic amines) is 1. The molecule has 352 valence electrons. The van der Waals surface area contributed by atoms with Crippen molar-refractivity contribution in [2.45, 2.75) is 96.6 Å².